The van der Waals surface area contributed by atoms with Crippen LogP contribution >= 0.6 is 11.6 Å². The van der Waals surface area contributed by atoms with E-state index in [9.17, 15) is 9.59 Å². The van der Waals surface area contributed by atoms with Crippen LogP contribution in [0.3, 0.4) is 0 Å². The standard InChI is InChI=1S/C20H20ClNO6/c1-11(23)26-17-10-25-20(19(17)27-12(2)24)8-15(9-20)28-14-5-3-13-4-6-18(21)22-16(13)7-14/h3-7,15,17,19H,8-10H2,1-2H3/t15-,17-,19-,20-/m0/s1. The number of nitrogens with zero attached hydrogens (tertiary/aromatic N) is 1. The molecule has 1 spiro atoms. The Kier molecular flexibility index (Phi) is 4.89. The van der Waals surface area contributed by atoms with Crippen LogP contribution in [0.15, 0.2) is 30.3 Å². The van der Waals surface area contributed by atoms with Crippen LogP contribution in [-0.2, 0) is 23.8 Å². The number of pyridine rings is 1. The smallest absolute Gasteiger partial charge is 0.303 e. The second-order valence-corrected chi connectivity index (χ2v) is 7.58. The van der Waals surface area contributed by atoms with Gasteiger partial charge in [-0.25, -0.2) is 4.98 Å². The molecule has 1 aromatic heterocycles. The van der Waals surface area contributed by atoms with Crippen molar-refractivity contribution in [2.75, 3.05) is 6.61 Å². The van der Waals surface area contributed by atoms with E-state index in [4.69, 9.17) is 30.5 Å². The predicted molar refractivity (Wildman–Crippen MR) is 100 cm³/mol. The SMILES string of the molecule is CC(=O)O[C@H]1CO[C@]2(C[C@H](Oc3ccc4ccc(Cl)nc4c3)C2)[C@H]1OC(C)=O. The molecule has 148 valence electrons. The van der Waals surface area contributed by atoms with Crippen LogP contribution < -0.4 is 4.74 Å². The minimum Gasteiger partial charge on any atom is -0.490 e. The van der Waals surface area contributed by atoms with E-state index >= 15 is 0 Å². The van der Waals surface area contributed by atoms with Crippen LogP contribution in [-0.4, -0.2) is 47.4 Å². The lowest BCUT2D eigenvalue weighted by Crippen LogP contribution is -2.58. The summed E-state index contributed by atoms with van der Waals surface area (Å²) in [7, 11) is 0. The number of rotatable bonds is 4. The Morgan fingerprint density at radius 1 is 1.14 bits per heavy atom. The van der Waals surface area contributed by atoms with Gasteiger partial charge in [-0.2, -0.15) is 0 Å². The second kappa shape index (κ2) is 7.22. The Hall–Kier alpha value is -2.38. The molecule has 2 atom stereocenters. The Bertz CT molecular complexity index is 926. The summed E-state index contributed by atoms with van der Waals surface area (Å²) < 4.78 is 22.6. The number of halogens is 1. The van der Waals surface area contributed by atoms with E-state index in [0.717, 1.165) is 10.9 Å². The lowest BCUT2D eigenvalue weighted by atomic mass is 9.73. The third kappa shape index (κ3) is 3.64. The van der Waals surface area contributed by atoms with Gasteiger partial charge in [-0.3, -0.25) is 9.59 Å². The number of aromatic nitrogens is 1. The van der Waals surface area contributed by atoms with Gasteiger partial charge in [-0.1, -0.05) is 11.6 Å². The fraction of sp³-hybridized carbons (Fsp3) is 0.450. The fourth-order valence-corrected chi connectivity index (χ4v) is 4.06. The largest absolute Gasteiger partial charge is 0.490 e. The molecule has 1 aliphatic heterocycles. The summed E-state index contributed by atoms with van der Waals surface area (Å²) in [5.74, 6) is -0.188. The zero-order valence-electron chi connectivity index (χ0n) is 15.5. The maximum Gasteiger partial charge on any atom is 0.303 e. The lowest BCUT2D eigenvalue weighted by molar-refractivity contribution is -0.189. The summed E-state index contributed by atoms with van der Waals surface area (Å²) in [4.78, 5) is 27.1. The Labute approximate surface area is 166 Å². The zero-order valence-corrected chi connectivity index (χ0v) is 16.3. The number of carbonyl (C=O) groups is 2. The molecule has 0 radical (unpaired) electrons. The van der Waals surface area contributed by atoms with Crippen molar-refractivity contribution in [2.24, 2.45) is 0 Å². The van der Waals surface area contributed by atoms with Crippen LogP contribution in [0.4, 0.5) is 0 Å². The Morgan fingerprint density at radius 3 is 2.57 bits per heavy atom. The van der Waals surface area contributed by atoms with Gasteiger partial charge in [0.25, 0.3) is 0 Å². The van der Waals surface area contributed by atoms with Gasteiger partial charge in [0.15, 0.2) is 12.2 Å². The second-order valence-electron chi connectivity index (χ2n) is 7.19. The van der Waals surface area contributed by atoms with Crippen molar-refractivity contribution in [2.45, 2.75) is 50.6 Å². The normalized spacial score (nSPS) is 28.8. The maximum absolute atomic E-state index is 11.5. The summed E-state index contributed by atoms with van der Waals surface area (Å²) in [6.45, 7) is 2.85. The highest BCUT2D eigenvalue weighted by atomic mass is 35.5. The van der Waals surface area contributed by atoms with Crippen molar-refractivity contribution in [1.29, 1.82) is 0 Å². The summed E-state index contributed by atoms with van der Waals surface area (Å²) >= 11 is 5.96. The van der Waals surface area contributed by atoms with Gasteiger partial charge in [0.2, 0.25) is 0 Å². The molecule has 1 saturated heterocycles. The highest BCUT2D eigenvalue weighted by Gasteiger charge is 2.61. The van der Waals surface area contributed by atoms with Gasteiger partial charge >= 0.3 is 11.9 Å². The molecule has 1 aliphatic carbocycles. The molecular formula is C20H20ClNO6. The van der Waals surface area contributed by atoms with Crippen molar-refractivity contribution in [1.82, 2.24) is 4.98 Å². The summed E-state index contributed by atoms with van der Waals surface area (Å²) in [6.07, 6.45) is -0.279. The first-order chi connectivity index (χ1) is 13.3. The fourth-order valence-electron chi connectivity index (χ4n) is 3.91. The number of carbonyl (C=O) groups excluding carboxylic acids is 2. The molecule has 2 heterocycles. The number of esters is 2. The molecule has 0 bridgehead atoms. The number of hydrogen-bond donors (Lipinski definition) is 0. The summed E-state index contributed by atoms with van der Waals surface area (Å²) in [5.41, 5.74) is 0.0679. The maximum atomic E-state index is 11.5. The first-order valence-corrected chi connectivity index (χ1v) is 9.44. The Morgan fingerprint density at radius 2 is 1.86 bits per heavy atom. The van der Waals surface area contributed by atoms with Crippen molar-refractivity contribution in [3.8, 4) is 5.75 Å². The average Bonchev–Trinajstić information content (AvgIpc) is 2.91. The van der Waals surface area contributed by atoms with Crippen LogP contribution in [0, 0.1) is 0 Å². The van der Waals surface area contributed by atoms with Crippen molar-refractivity contribution < 1.29 is 28.5 Å². The van der Waals surface area contributed by atoms with E-state index in [2.05, 4.69) is 4.98 Å². The summed E-state index contributed by atoms with van der Waals surface area (Å²) in [6, 6.07) is 9.29. The molecule has 2 fully saturated rings. The van der Waals surface area contributed by atoms with Crippen LogP contribution in [0.5, 0.6) is 5.75 Å². The van der Waals surface area contributed by atoms with Gasteiger partial charge in [0.05, 0.1) is 12.1 Å². The number of benzene rings is 1. The third-order valence-corrected chi connectivity index (χ3v) is 5.29. The molecule has 1 aromatic carbocycles. The van der Waals surface area contributed by atoms with Gasteiger partial charge in [-0.15, -0.1) is 0 Å². The lowest BCUT2D eigenvalue weighted by Gasteiger charge is -2.46. The van der Waals surface area contributed by atoms with E-state index in [1.807, 2.05) is 24.3 Å². The van der Waals surface area contributed by atoms with E-state index < -0.39 is 29.7 Å². The highest BCUT2D eigenvalue weighted by Crippen LogP contribution is 2.47. The molecule has 28 heavy (non-hydrogen) atoms. The van der Waals surface area contributed by atoms with E-state index in [1.165, 1.54) is 13.8 Å². The predicted octanol–water partition coefficient (Wildman–Crippen LogP) is 3.06. The molecule has 8 heteroatoms. The van der Waals surface area contributed by atoms with Crippen molar-refractivity contribution in [3.05, 3.63) is 35.5 Å². The minimum atomic E-state index is -0.686. The topological polar surface area (TPSA) is 84.0 Å². The van der Waals surface area contributed by atoms with E-state index in [0.29, 0.717) is 23.7 Å². The van der Waals surface area contributed by atoms with Crippen molar-refractivity contribution >= 4 is 34.4 Å². The molecule has 2 aliphatic rings. The van der Waals surface area contributed by atoms with Gasteiger partial charge in [0, 0.05) is 38.1 Å². The molecule has 2 aromatic rings. The van der Waals surface area contributed by atoms with E-state index in [1.54, 1.807) is 6.07 Å². The highest BCUT2D eigenvalue weighted by molar-refractivity contribution is 6.29. The molecule has 0 unspecified atom stereocenters. The van der Waals surface area contributed by atoms with Crippen molar-refractivity contribution in [3.63, 3.8) is 0 Å². The van der Waals surface area contributed by atoms with Gasteiger partial charge < -0.3 is 18.9 Å². The quantitative estimate of drug-likeness (QED) is 0.571. The third-order valence-electron chi connectivity index (χ3n) is 5.08. The average molecular weight is 406 g/mol. The molecule has 7 nitrogen and oxygen atoms in total. The molecule has 0 N–H and O–H groups in total. The molecular weight excluding hydrogens is 386 g/mol. The van der Waals surface area contributed by atoms with Crippen LogP contribution in [0.25, 0.3) is 10.9 Å². The van der Waals surface area contributed by atoms with Gasteiger partial charge in [-0.05, 0) is 24.3 Å². The van der Waals surface area contributed by atoms with Gasteiger partial charge in [0.1, 0.15) is 22.6 Å². The zero-order chi connectivity index (χ0) is 19.9. The first kappa shape index (κ1) is 19.0. The number of hydrogen-bond acceptors (Lipinski definition) is 7. The van der Waals surface area contributed by atoms with E-state index in [-0.39, 0.29) is 12.7 Å². The summed E-state index contributed by atoms with van der Waals surface area (Å²) in [5, 5.41) is 1.40. The minimum absolute atomic E-state index is 0.106. The van der Waals surface area contributed by atoms with Crippen LogP contribution in [0.1, 0.15) is 26.7 Å². The number of ether oxygens (including phenoxy) is 4. The molecule has 4 rings (SSSR count). The first-order valence-electron chi connectivity index (χ1n) is 9.06. The Balaban J connectivity index is 1.45. The molecule has 1 saturated carbocycles. The van der Waals surface area contributed by atoms with Crippen LogP contribution in [0.2, 0.25) is 5.15 Å². The molecule has 0 amide bonds. The number of fused-ring (bicyclic) bond motifs is 1. The monoisotopic (exact) mass is 405 g/mol.